The molecule has 90 valence electrons. The van der Waals surface area contributed by atoms with Gasteiger partial charge < -0.3 is 14.2 Å². The molecule has 0 fully saturated rings. The van der Waals surface area contributed by atoms with Gasteiger partial charge in [0.25, 0.3) is 0 Å². The normalized spacial score (nSPS) is 15.1. The Labute approximate surface area is 91.9 Å². The Balaban J connectivity index is 3.61. The van der Waals surface area contributed by atoms with Crippen molar-refractivity contribution in [3.05, 3.63) is 0 Å². The van der Waals surface area contributed by atoms with Gasteiger partial charge in [-0.1, -0.05) is 13.8 Å². The lowest BCUT2D eigenvalue weighted by Crippen LogP contribution is -2.23. The molecule has 4 heteroatoms. The second-order valence-electron chi connectivity index (χ2n) is 4.05. The molecule has 0 radical (unpaired) electrons. The minimum Gasteiger partial charge on any atom is -0.469 e. The fourth-order valence-electron chi connectivity index (χ4n) is 0.925. The molecule has 2 atom stereocenters. The van der Waals surface area contributed by atoms with Crippen LogP contribution in [0.5, 0.6) is 0 Å². The number of rotatable bonds is 7. The molecule has 4 nitrogen and oxygen atoms in total. The Kier molecular flexibility index (Phi) is 7.34. The van der Waals surface area contributed by atoms with Crippen LogP contribution in [0.15, 0.2) is 0 Å². The van der Waals surface area contributed by atoms with Gasteiger partial charge in [-0.05, 0) is 19.8 Å². The highest BCUT2D eigenvalue weighted by molar-refractivity contribution is 5.71. The highest BCUT2D eigenvalue weighted by Gasteiger charge is 2.14. The van der Waals surface area contributed by atoms with Gasteiger partial charge in [0.1, 0.15) is 0 Å². The van der Waals surface area contributed by atoms with Gasteiger partial charge in [0.05, 0.1) is 26.2 Å². The van der Waals surface area contributed by atoms with Gasteiger partial charge in [0.15, 0.2) is 6.29 Å². The molecule has 0 spiro atoms. The average Bonchev–Trinajstić information content (AvgIpc) is 2.21. The fraction of sp³-hybridized carbons (Fsp3) is 0.909. The summed E-state index contributed by atoms with van der Waals surface area (Å²) in [5.74, 6) is -0.0276. The van der Waals surface area contributed by atoms with E-state index in [9.17, 15) is 4.79 Å². The van der Waals surface area contributed by atoms with E-state index in [4.69, 9.17) is 9.47 Å². The lowest BCUT2D eigenvalue weighted by Gasteiger charge is -2.17. The zero-order valence-corrected chi connectivity index (χ0v) is 10.3. The van der Waals surface area contributed by atoms with Gasteiger partial charge >= 0.3 is 5.97 Å². The molecule has 0 N–H and O–H groups in total. The number of carbonyl (C=O) groups excluding carboxylic acids is 1. The topological polar surface area (TPSA) is 44.8 Å². The van der Waals surface area contributed by atoms with E-state index in [0.717, 1.165) is 0 Å². The van der Waals surface area contributed by atoms with Crippen molar-refractivity contribution in [2.45, 2.75) is 34.0 Å². The Morgan fingerprint density at radius 3 is 2.07 bits per heavy atom. The lowest BCUT2D eigenvalue weighted by atomic mass is 10.2. The maximum absolute atomic E-state index is 11.0. The smallest absolute Gasteiger partial charge is 0.310 e. The zero-order valence-electron chi connectivity index (χ0n) is 10.3. The number of ether oxygens (including phenoxy) is 3. The van der Waals surface area contributed by atoms with Crippen molar-refractivity contribution in [3.8, 4) is 0 Å². The SMILES string of the molecule is COC(=O)C(C)CO[C@@H](C)OCC(C)C. The first kappa shape index (κ1) is 14.4. The highest BCUT2D eigenvalue weighted by Crippen LogP contribution is 2.04. The average molecular weight is 218 g/mol. The molecule has 0 rings (SSSR count). The van der Waals surface area contributed by atoms with Gasteiger partial charge in [-0.2, -0.15) is 0 Å². The summed E-state index contributed by atoms with van der Waals surface area (Å²) in [6, 6.07) is 0. The first-order valence-corrected chi connectivity index (χ1v) is 5.28. The molecule has 15 heavy (non-hydrogen) atoms. The molecule has 0 amide bonds. The molecule has 1 unspecified atom stereocenters. The molecular weight excluding hydrogens is 196 g/mol. The van der Waals surface area contributed by atoms with Crippen molar-refractivity contribution in [2.24, 2.45) is 11.8 Å². The highest BCUT2D eigenvalue weighted by atomic mass is 16.7. The van der Waals surface area contributed by atoms with E-state index < -0.39 is 0 Å². The predicted molar refractivity (Wildman–Crippen MR) is 57.4 cm³/mol. The first-order valence-electron chi connectivity index (χ1n) is 5.28. The van der Waals surface area contributed by atoms with Gasteiger partial charge in [-0.3, -0.25) is 4.79 Å². The first-order chi connectivity index (χ1) is 6.97. The van der Waals surface area contributed by atoms with E-state index in [0.29, 0.717) is 19.1 Å². The molecule has 0 aliphatic heterocycles. The third kappa shape index (κ3) is 7.33. The van der Waals surface area contributed by atoms with Gasteiger partial charge in [0.2, 0.25) is 0 Å². The summed E-state index contributed by atoms with van der Waals surface area (Å²) in [4.78, 5) is 11.0. The molecule has 0 saturated carbocycles. The van der Waals surface area contributed by atoms with Crippen molar-refractivity contribution < 1.29 is 19.0 Å². The van der Waals surface area contributed by atoms with Crippen molar-refractivity contribution in [2.75, 3.05) is 20.3 Å². The van der Waals surface area contributed by atoms with Crippen LogP contribution in [0.4, 0.5) is 0 Å². The minimum atomic E-state index is -0.278. The Hall–Kier alpha value is -0.610. The van der Waals surface area contributed by atoms with Crippen molar-refractivity contribution in [1.82, 2.24) is 0 Å². The molecule has 0 aliphatic rings. The van der Waals surface area contributed by atoms with Crippen LogP contribution >= 0.6 is 0 Å². The lowest BCUT2D eigenvalue weighted by molar-refractivity contribution is -0.161. The second-order valence-corrected chi connectivity index (χ2v) is 4.05. The monoisotopic (exact) mass is 218 g/mol. The van der Waals surface area contributed by atoms with Crippen LogP contribution in [0.3, 0.4) is 0 Å². The second kappa shape index (κ2) is 7.65. The molecule has 0 heterocycles. The van der Waals surface area contributed by atoms with Gasteiger partial charge in [-0.25, -0.2) is 0 Å². The fourth-order valence-corrected chi connectivity index (χ4v) is 0.925. The summed E-state index contributed by atoms with van der Waals surface area (Å²) >= 11 is 0. The summed E-state index contributed by atoms with van der Waals surface area (Å²) in [5, 5.41) is 0. The Morgan fingerprint density at radius 1 is 1.07 bits per heavy atom. The van der Waals surface area contributed by atoms with E-state index in [-0.39, 0.29) is 18.2 Å². The Morgan fingerprint density at radius 2 is 1.60 bits per heavy atom. The molecule has 0 aromatic rings. The van der Waals surface area contributed by atoms with Crippen LogP contribution in [0.2, 0.25) is 0 Å². The molecular formula is C11H22O4. The summed E-state index contributed by atoms with van der Waals surface area (Å²) in [6.07, 6.45) is -0.278. The third-order valence-corrected chi connectivity index (χ3v) is 1.85. The maximum Gasteiger partial charge on any atom is 0.310 e. The summed E-state index contributed by atoms with van der Waals surface area (Å²) in [5.41, 5.74) is 0. The predicted octanol–water partition coefficient (Wildman–Crippen LogP) is 1.83. The number of carbonyl (C=O) groups is 1. The summed E-state index contributed by atoms with van der Waals surface area (Å²) in [6.45, 7) is 8.72. The van der Waals surface area contributed by atoms with E-state index in [2.05, 4.69) is 18.6 Å². The van der Waals surface area contributed by atoms with E-state index in [1.165, 1.54) is 7.11 Å². The van der Waals surface area contributed by atoms with Crippen LogP contribution in [0, 0.1) is 11.8 Å². The van der Waals surface area contributed by atoms with Gasteiger partial charge in [-0.15, -0.1) is 0 Å². The Bertz CT molecular complexity index is 179. The van der Waals surface area contributed by atoms with Crippen molar-refractivity contribution in [1.29, 1.82) is 0 Å². The zero-order chi connectivity index (χ0) is 11.8. The number of hydrogen-bond donors (Lipinski definition) is 0. The van der Waals surface area contributed by atoms with Gasteiger partial charge in [0, 0.05) is 0 Å². The quantitative estimate of drug-likeness (QED) is 0.483. The molecule has 0 aromatic carbocycles. The third-order valence-electron chi connectivity index (χ3n) is 1.85. The van der Waals surface area contributed by atoms with Crippen molar-refractivity contribution >= 4 is 5.97 Å². The number of esters is 1. The van der Waals surface area contributed by atoms with Crippen LogP contribution in [0.25, 0.3) is 0 Å². The molecule has 0 aliphatic carbocycles. The molecule has 0 bridgehead atoms. The van der Waals surface area contributed by atoms with Crippen molar-refractivity contribution in [3.63, 3.8) is 0 Å². The van der Waals surface area contributed by atoms with E-state index >= 15 is 0 Å². The van der Waals surface area contributed by atoms with E-state index in [1.807, 2.05) is 6.92 Å². The number of hydrogen-bond acceptors (Lipinski definition) is 4. The van der Waals surface area contributed by atoms with Crippen LogP contribution in [-0.2, 0) is 19.0 Å². The molecule has 0 saturated heterocycles. The van der Waals surface area contributed by atoms with Crippen LogP contribution in [0.1, 0.15) is 27.7 Å². The maximum atomic E-state index is 11.0. The molecule has 0 aromatic heterocycles. The largest absolute Gasteiger partial charge is 0.469 e. The number of methoxy groups -OCH3 is 1. The summed E-state index contributed by atoms with van der Waals surface area (Å²) in [7, 11) is 1.37. The standard InChI is InChI=1S/C11H22O4/c1-8(2)6-14-10(4)15-7-9(3)11(12)13-5/h8-10H,6-7H2,1-5H3/t9?,10-/m0/s1. The van der Waals surface area contributed by atoms with E-state index in [1.54, 1.807) is 6.92 Å². The summed E-state index contributed by atoms with van der Waals surface area (Å²) < 4.78 is 15.3. The van der Waals surface area contributed by atoms with Crippen LogP contribution < -0.4 is 0 Å². The van der Waals surface area contributed by atoms with Crippen LogP contribution in [-0.4, -0.2) is 32.6 Å². The minimum absolute atomic E-state index is 0.250.